The third-order valence-electron chi connectivity index (χ3n) is 1.85. The average molecular weight is 223 g/mol. The number of aromatic carboxylic acids is 1. The molecular weight excluding hydrogens is 218 g/mol. The van der Waals surface area contributed by atoms with Crippen LogP contribution in [-0.2, 0) is 0 Å². The number of carboxylic acid groups (broad SMARTS) is 1. The first-order valence-electron chi connectivity index (χ1n) is 4.05. The van der Waals surface area contributed by atoms with Crippen LogP contribution in [0.5, 0.6) is 0 Å². The van der Waals surface area contributed by atoms with Crippen LogP contribution < -0.4 is 0 Å². The summed E-state index contributed by atoms with van der Waals surface area (Å²) in [5.74, 6) is -1.12. The number of carboxylic acids is 1. The molecule has 0 saturated heterocycles. The zero-order chi connectivity index (χ0) is 10.8. The summed E-state index contributed by atoms with van der Waals surface area (Å²) in [6, 6.07) is 6.63. The van der Waals surface area contributed by atoms with E-state index < -0.39 is 5.97 Å². The van der Waals surface area contributed by atoms with E-state index in [9.17, 15) is 4.79 Å². The number of nitrogens with zero attached hydrogens (tertiary/aromatic N) is 1. The molecule has 1 radical (unpaired) electrons. The topological polar surface area (TPSA) is 63.3 Å². The van der Waals surface area contributed by atoms with Crippen molar-refractivity contribution in [1.29, 1.82) is 0 Å². The summed E-state index contributed by atoms with van der Waals surface area (Å²) in [7, 11) is 0. The molecule has 75 valence electrons. The fraction of sp³-hybridized carbons (Fsp3) is 0. The maximum atomic E-state index is 10.8. The van der Waals surface area contributed by atoms with Gasteiger partial charge in [0.2, 0.25) is 6.26 Å². The van der Waals surface area contributed by atoms with Crippen LogP contribution in [0.4, 0.5) is 0 Å². The smallest absolute Gasteiger partial charge is 0.342 e. The van der Waals surface area contributed by atoms with Crippen LogP contribution >= 0.6 is 11.6 Å². The predicted octanol–water partition coefficient (Wildman–Crippen LogP) is 2.49. The maximum Gasteiger partial charge on any atom is 0.342 e. The van der Waals surface area contributed by atoms with E-state index in [4.69, 9.17) is 16.7 Å². The van der Waals surface area contributed by atoms with Crippen molar-refractivity contribution in [2.75, 3.05) is 0 Å². The van der Waals surface area contributed by atoms with Crippen LogP contribution in [0.3, 0.4) is 0 Å². The molecule has 0 aliphatic carbocycles. The lowest BCUT2D eigenvalue weighted by molar-refractivity contribution is 0.0696. The van der Waals surface area contributed by atoms with Gasteiger partial charge in [0.25, 0.3) is 0 Å². The summed E-state index contributed by atoms with van der Waals surface area (Å²) >= 11 is 5.71. The fourth-order valence-electron chi connectivity index (χ4n) is 1.16. The molecule has 2 aromatic rings. The summed E-state index contributed by atoms with van der Waals surface area (Å²) in [6.45, 7) is 0. The standard InChI is InChI=1S/C10H5ClNO3/c11-7-3-1-6(2-4-7)9-8(10(13)14)5-15-12-9/h1-4H,(H,13,14). The van der Waals surface area contributed by atoms with Gasteiger partial charge < -0.3 is 9.63 Å². The molecule has 1 N–H and O–H groups in total. The third kappa shape index (κ3) is 1.85. The van der Waals surface area contributed by atoms with E-state index in [0.717, 1.165) is 0 Å². The Morgan fingerprint density at radius 3 is 2.67 bits per heavy atom. The molecule has 0 aliphatic rings. The molecule has 0 bridgehead atoms. The molecule has 4 nitrogen and oxygen atoms in total. The van der Waals surface area contributed by atoms with Crippen LogP contribution in [0.2, 0.25) is 5.02 Å². The molecule has 1 aromatic heterocycles. The Labute approximate surface area is 90.1 Å². The molecule has 0 saturated carbocycles. The van der Waals surface area contributed by atoms with Gasteiger partial charge >= 0.3 is 5.97 Å². The molecular formula is C10H5ClNO3. The molecule has 1 aromatic carbocycles. The Morgan fingerprint density at radius 1 is 1.40 bits per heavy atom. The van der Waals surface area contributed by atoms with Crippen molar-refractivity contribution in [2.24, 2.45) is 0 Å². The molecule has 1 heterocycles. The number of hydrogen-bond acceptors (Lipinski definition) is 3. The van der Waals surface area contributed by atoms with Crippen LogP contribution in [0, 0.1) is 6.26 Å². The SMILES string of the molecule is O=C(O)c1[c]onc1-c1ccc(Cl)cc1. The molecule has 5 heteroatoms. The van der Waals surface area contributed by atoms with Gasteiger partial charge in [-0.3, -0.25) is 0 Å². The minimum absolute atomic E-state index is 0.0858. The normalized spacial score (nSPS) is 10.2. The second kappa shape index (κ2) is 3.74. The average Bonchev–Trinajstić information content (AvgIpc) is 2.67. The molecule has 0 amide bonds. The minimum atomic E-state index is -1.12. The number of benzene rings is 1. The Morgan fingerprint density at radius 2 is 2.07 bits per heavy atom. The fourth-order valence-corrected chi connectivity index (χ4v) is 1.28. The van der Waals surface area contributed by atoms with Crippen molar-refractivity contribution < 1.29 is 14.4 Å². The van der Waals surface area contributed by atoms with Gasteiger partial charge in [-0.05, 0) is 12.1 Å². The molecule has 15 heavy (non-hydrogen) atoms. The lowest BCUT2D eigenvalue weighted by atomic mass is 10.1. The number of hydrogen-bond donors (Lipinski definition) is 1. The quantitative estimate of drug-likeness (QED) is 0.848. The third-order valence-corrected chi connectivity index (χ3v) is 2.10. The molecule has 0 aliphatic heterocycles. The lowest BCUT2D eigenvalue weighted by Crippen LogP contribution is -1.96. The molecule has 0 atom stereocenters. The van der Waals surface area contributed by atoms with Crippen molar-refractivity contribution in [3.05, 3.63) is 41.1 Å². The van der Waals surface area contributed by atoms with E-state index in [1.807, 2.05) is 0 Å². The maximum absolute atomic E-state index is 10.8. The van der Waals surface area contributed by atoms with Gasteiger partial charge in [-0.15, -0.1) is 0 Å². The van der Waals surface area contributed by atoms with Gasteiger partial charge in [0.05, 0.1) is 0 Å². The molecule has 0 spiro atoms. The Balaban J connectivity index is 2.49. The first-order chi connectivity index (χ1) is 7.18. The Kier molecular flexibility index (Phi) is 2.43. The van der Waals surface area contributed by atoms with E-state index in [-0.39, 0.29) is 11.3 Å². The molecule has 0 unspecified atom stereocenters. The summed E-state index contributed by atoms with van der Waals surface area (Å²) < 4.78 is 4.50. The highest BCUT2D eigenvalue weighted by atomic mass is 35.5. The summed E-state index contributed by atoms with van der Waals surface area (Å²) in [4.78, 5) is 10.8. The van der Waals surface area contributed by atoms with Gasteiger partial charge in [-0.1, -0.05) is 28.9 Å². The number of aromatic nitrogens is 1. The highest BCUT2D eigenvalue weighted by Gasteiger charge is 2.16. The Bertz CT molecular complexity index is 490. The van der Waals surface area contributed by atoms with Crippen molar-refractivity contribution >= 4 is 17.6 Å². The van der Waals surface area contributed by atoms with Gasteiger partial charge in [-0.2, -0.15) is 0 Å². The summed E-state index contributed by atoms with van der Waals surface area (Å²) in [5.41, 5.74) is 0.790. The second-order valence-electron chi connectivity index (χ2n) is 2.82. The van der Waals surface area contributed by atoms with Crippen molar-refractivity contribution in [2.45, 2.75) is 0 Å². The van der Waals surface area contributed by atoms with E-state index in [1.54, 1.807) is 24.3 Å². The van der Waals surface area contributed by atoms with Gasteiger partial charge in [0, 0.05) is 10.6 Å². The first kappa shape index (κ1) is 9.73. The van der Waals surface area contributed by atoms with E-state index >= 15 is 0 Å². The number of halogens is 1. The van der Waals surface area contributed by atoms with Gasteiger partial charge in [0.1, 0.15) is 11.3 Å². The highest BCUT2D eigenvalue weighted by molar-refractivity contribution is 6.30. The van der Waals surface area contributed by atoms with Gasteiger partial charge in [-0.25, -0.2) is 4.79 Å². The lowest BCUT2D eigenvalue weighted by Gasteiger charge is -1.96. The second-order valence-corrected chi connectivity index (χ2v) is 3.26. The van der Waals surface area contributed by atoms with Crippen LogP contribution in [0.25, 0.3) is 11.3 Å². The zero-order valence-electron chi connectivity index (χ0n) is 7.40. The number of carbonyl (C=O) groups is 1. The van der Waals surface area contributed by atoms with E-state index in [0.29, 0.717) is 10.6 Å². The van der Waals surface area contributed by atoms with Crippen LogP contribution in [0.15, 0.2) is 28.8 Å². The summed E-state index contributed by atoms with van der Waals surface area (Å²) in [5, 5.41) is 13.0. The van der Waals surface area contributed by atoms with Crippen molar-refractivity contribution in [3.63, 3.8) is 0 Å². The van der Waals surface area contributed by atoms with Crippen LogP contribution in [0.1, 0.15) is 10.4 Å². The molecule has 2 rings (SSSR count). The highest BCUT2D eigenvalue weighted by Crippen LogP contribution is 2.23. The van der Waals surface area contributed by atoms with Crippen molar-refractivity contribution in [3.8, 4) is 11.3 Å². The number of rotatable bonds is 2. The van der Waals surface area contributed by atoms with Crippen molar-refractivity contribution in [1.82, 2.24) is 5.16 Å². The van der Waals surface area contributed by atoms with Crippen LogP contribution in [-0.4, -0.2) is 16.2 Å². The first-order valence-corrected chi connectivity index (χ1v) is 4.43. The largest absolute Gasteiger partial charge is 0.477 e. The monoisotopic (exact) mass is 222 g/mol. The van der Waals surface area contributed by atoms with Gasteiger partial charge in [0.15, 0.2) is 0 Å². The summed E-state index contributed by atoms with van der Waals surface area (Å²) in [6.07, 6.45) is 2.20. The minimum Gasteiger partial charge on any atom is -0.477 e. The Hall–Kier alpha value is -1.81. The molecule has 0 fully saturated rings. The predicted molar refractivity (Wildman–Crippen MR) is 52.7 cm³/mol. The van der Waals surface area contributed by atoms with E-state index in [1.165, 1.54) is 0 Å². The zero-order valence-corrected chi connectivity index (χ0v) is 8.15. The van der Waals surface area contributed by atoms with E-state index in [2.05, 4.69) is 15.9 Å².